The van der Waals surface area contributed by atoms with Crippen molar-refractivity contribution in [2.75, 3.05) is 34.0 Å². The maximum atomic E-state index is 6.34. The van der Waals surface area contributed by atoms with Crippen molar-refractivity contribution >= 4 is 0 Å². The molecule has 3 unspecified atom stereocenters. The van der Waals surface area contributed by atoms with Gasteiger partial charge in [-0.25, -0.2) is 0 Å². The van der Waals surface area contributed by atoms with Crippen LogP contribution in [0.25, 0.3) is 0 Å². The molecule has 4 rings (SSSR count). The van der Waals surface area contributed by atoms with E-state index in [9.17, 15) is 0 Å². The van der Waals surface area contributed by atoms with Gasteiger partial charge in [0.05, 0.1) is 19.3 Å². The Kier molecular flexibility index (Phi) is 8.29. The van der Waals surface area contributed by atoms with E-state index in [1.165, 1.54) is 16.7 Å². The van der Waals surface area contributed by atoms with Gasteiger partial charge in [0, 0.05) is 32.0 Å². The van der Waals surface area contributed by atoms with Crippen molar-refractivity contribution in [1.29, 1.82) is 0 Å². The summed E-state index contributed by atoms with van der Waals surface area (Å²) in [6.07, 6.45) is 4.60. The van der Waals surface area contributed by atoms with Crippen LogP contribution in [0.3, 0.4) is 0 Å². The summed E-state index contributed by atoms with van der Waals surface area (Å²) >= 11 is 0. The van der Waals surface area contributed by atoms with Gasteiger partial charge in [-0.05, 0) is 72.4 Å². The lowest BCUT2D eigenvalue weighted by Gasteiger charge is -2.30. The molecule has 2 aromatic rings. The molecule has 1 heterocycles. The standard InChI is InChI=1S/C28H38O5/c1-5-19(2)20-6-8-24(9-7-20)31-12-13-33-28-23(17-29-3)14-22-16-27-21(10-11-32-27)15-25(22)26(28)18-30-4/h6-9,14,19,21,27H,5,10-13,15-18H2,1-4H3. The van der Waals surface area contributed by atoms with Crippen LogP contribution in [-0.4, -0.2) is 40.1 Å². The SMILES string of the molecule is CCC(C)c1ccc(OCCOc2c(COC)cc3c(c2COC)CC2CCOC2C3)cc1. The fraction of sp³-hybridized carbons (Fsp3) is 0.571. The Morgan fingerprint density at radius 3 is 2.48 bits per heavy atom. The minimum Gasteiger partial charge on any atom is -0.490 e. The van der Waals surface area contributed by atoms with Gasteiger partial charge in [-0.1, -0.05) is 26.0 Å². The molecule has 1 saturated heterocycles. The zero-order chi connectivity index (χ0) is 23.2. The second kappa shape index (κ2) is 11.4. The van der Waals surface area contributed by atoms with Gasteiger partial charge in [0.15, 0.2) is 0 Å². The third-order valence-electron chi connectivity index (χ3n) is 7.15. The number of methoxy groups -OCH3 is 2. The Bertz CT molecular complexity index is 907. The summed E-state index contributed by atoms with van der Waals surface area (Å²) in [7, 11) is 3.47. The Morgan fingerprint density at radius 2 is 1.76 bits per heavy atom. The van der Waals surface area contributed by atoms with Crippen molar-refractivity contribution < 1.29 is 23.7 Å². The summed E-state index contributed by atoms with van der Waals surface area (Å²) in [5.74, 6) is 2.93. The van der Waals surface area contributed by atoms with Gasteiger partial charge in [0.1, 0.15) is 24.7 Å². The molecular weight excluding hydrogens is 416 g/mol. The summed E-state index contributed by atoms with van der Waals surface area (Å²) in [6, 6.07) is 10.7. The van der Waals surface area contributed by atoms with E-state index in [0.29, 0.717) is 44.4 Å². The Balaban J connectivity index is 1.47. The topological polar surface area (TPSA) is 46.2 Å². The summed E-state index contributed by atoms with van der Waals surface area (Å²) < 4.78 is 29.4. The second-order valence-electron chi connectivity index (χ2n) is 9.29. The fourth-order valence-corrected chi connectivity index (χ4v) is 5.13. The molecule has 0 N–H and O–H groups in total. The maximum absolute atomic E-state index is 6.34. The monoisotopic (exact) mass is 454 g/mol. The fourth-order valence-electron chi connectivity index (χ4n) is 5.13. The maximum Gasteiger partial charge on any atom is 0.130 e. The highest BCUT2D eigenvalue weighted by Crippen LogP contribution is 2.40. The number of rotatable bonds is 11. The predicted molar refractivity (Wildman–Crippen MR) is 129 cm³/mol. The molecule has 180 valence electrons. The summed E-state index contributed by atoms with van der Waals surface area (Å²) in [5, 5.41) is 0. The average molecular weight is 455 g/mol. The molecule has 0 radical (unpaired) electrons. The molecule has 2 aliphatic rings. The first kappa shape index (κ1) is 24.1. The third-order valence-corrected chi connectivity index (χ3v) is 7.15. The van der Waals surface area contributed by atoms with Gasteiger partial charge in [-0.3, -0.25) is 0 Å². The highest BCUT2D eigenvalue weighted by atomic mass is 16.5. The van der Waals surface area contributed by atoms with Crippen molar-refractivity contribution in [3.63, 3.8) is 0 Å². The van der Waals surface area contributed by atoms with E-state index in [4.69, 9.17) is 23.7 Å². The minimum absolute atomic E-state index is 0.343. The normalized spacial score (nSPS) is 20.2. The van der Waals surface area contributed by atoms with E-state index >= 15 is 0 Å². The van der Waals surface area contributed by atoms with Gasteiger partial charge in [0.2, 0.25) is 0 Å². The highest BCUT2D eigenvalue weighted by molar-refractivity contribution is 5.52. The van der Waals surface area contributed by atoms with Crippen LogP contribution >= 0.6 is 0 Å². The first-order valence-electron chi connectivity index (χ1n) is 12.3. The van der Waals surface area contributed by atoms with Gasteiger partial charge in [-0.15, -0.1) is 0 Å². The van der Waals surface area contributed by atoms with Crippen LogP contribution in [0.5, 0.6) is 11.5 Å². The molecule has 5 nitrogen and oxygen atoms in total. The van der Waals surface area contributed by atoms with Gasteiger partial charge in [-0.2, -0.15) is 0 Å². The number of fused-ring (bicyclic) bond motifs is 2. The molecule has 1 fully saturated rings. The lowest BCUT2D eigenvalue weighted by atomic mass is 9.78. The van der Waals surface area contributed by atoms with Crippen molar-refractivity contribution in [2.24, 2.45) is 5.92 Å². The van der Waals surface area contributed by atoms with E-state index in [-0.39, 0.29) is 0 Å². The molecule has 1 aliphatic heterocycles. The first-order valence-corrected chi connectivity index (χ1v) is 12.3. The smallest absolute Gasteiger partial charge is 0.130 e. The summed E-state index contributed by atoms with van der Waals surface area (Å²) in [6.45, 7) is 7.32. The molecule has 0 spiro atoms. The second-order valence-corrected chi connectivity index (χ2v) is 9.29. The van der Waals surface area contributed by atoms with Crippen molar-refractivity contribution in [3.05, 3.63) is 58.1 Å². The van der Waals surface area contributed by atoms with E-state index < -0.39 is 0 Å². The molecule has 0 aromatic heterocycles. The molecule has 3 atom stereocenters. The van der Waals surface area contributed by atoms with Crippen LogP contribution < -0.4 is 9.47 Å². The quantitative estimate of drug-likeness (QED) is 0.422. The van der Waals surface area contributed by atoms with Crippen LogP contribution in [0.1, 0.15) is 60.4 Å². The zero-order valence-corrected chi connectivity index (χ0v) is 20.5. The third kappa shape index (κ3) is 5.53. The highest BCUT2D eigenvalue weighted by Gasteiger charge is 2.35. The van der Waals surface area contributed by atoms with Crippen molar-refractivity contribution in [1.82, 2.24) is 0 Å². The number of hydrogen-bond acceptors (Lipinski definition) is 5. The van der Waals surface area contributed by atoms with E-state index in [0.717, 1.165) is 54.9 Å². The van der Waals surface area contributed by atoms with Gasteiger partial charge < -0.3 is 23.7 Å². The van der Waals surface area contributed by atoms with Crippen LogP contribution in [0, 0.1) is 5.92 Å². The molecule has 0 amide bonds. The molecule has 2 aromatic carbocycles. The number of ether oxygens (including phenoxy) is 5. The largest absolute Gasteiger partial charge is 0.490 e. The van der Waals surface area contributed by atoms with E-state index in [2.05, 4.69) is 32.0 Å². The predicted octanol–water partition coefficient (Wildman–Crippen LogP) is 5.45. The Morgan fingerprint density at radius 1 is 1.00 bits per heavy atom. The van der Waals surface area contributed by atoms with Crippen LogP contribution in [0.2, 0.25) is 0 Å². The minimum atomic E-state index is 0.343. The Labute approximate surface area is 198 Å². The molecule has 33 heavy (non-hydrogen) atoms. The molecular formula is C28H38O5. The molecule has 5 heteroatoms. The van der Waals surface area contributed by atoms with Gasteiger partial charge in [0.25, 0.3) is 0 Å². The van der Waals surface area contributed by atoms with Crippen molar-refractivity contribution in [3.8, 4) is 11.5 Å². The van der Waals surface area contributed by atoms with E-state index in [1.54, 1.807) is 14.2 Å². The van der Waals surface area contributed by atoms with Crippen LogP contribution in [0.15, 0.2) is 30.3 Å². The molecule has 0 bridgehead atoms. The molecule has 1 aliphatic carbocycles. The van der Waals surface area contributed by atoms with Crippen LogP contribution in [0.4, 0.5) is 0 Å². The van der Waals surface area contributed by atoms with E-state index in [1.807, 2.05) is 12.1 Å². The Hall–Kier alpha value is -2.08. The first-order chi connectivity index (χ1) is 16.1. The summed E-state index contributed by atoms with van der Waals surface area (Å²) in [4.78, 5) is 0. The zero-order valence-electron chi connectivity index (χ0n) is 20.5. The summed E-state index contributed by atoms with van der Waals surface area (Å²) in [5.41, 5.74) is 6.30. The van der Waals surface area contributed by atoms with Crippen molar-refractivity contribution in [2.45, 2.75) is 64.8 Å². The average Bonchev–Trinajstić information content (AvgIpc) is 3.29. The molecule has 0 saturated carbocycles. The number of benzene rings is 2. The lowest BCUT2D eigenvalue weighted by molar-refractivity contribution is 0.0854. The van der Waals surface area contributed by atoms with Crippen LogP contribution in [-0.2, 0) is 40.3 Å². The number of hydrogen-bond donors (Lipinski definition) is 0. The lowest BCUT2D eigenvalue weighted by Crippen LogP contribution is -2.28. The van der Waals surface area contributed by atoms with Gasteiger partial charge >= 0.3 is 0 Å².